The zero-order valence-corrected chi connectivity index (χ0v) is 16.6. The summed E-state index contributed by atoms with van der Waals surface area (Å²) in [6.07, 6.45) is 0. The minimum atomic E-state index is -3.76. The SMILES string of the molecule is O=S(=O)(c1ccccc1)n1c(CCl)c(Sc2ccccc2)c2ccccc21. The maximum atomic E-state index is 13.4. The monoisotopic (exact) mass is 413 g/mol. The van der Waals surface area contributed by atoms with Crippen molar-refractivity contribution >= 4 is 44.3 Å². The van der Waals surface area contributed by atoms with Crippen LogP contribution in [-0.4, -0.2) is 12.4 Å². The van der Waals surface area contributed by atoms with Crippen LogP contribution in [0.2, 0.25) is 0 Å². The predicted molar refractivity (Wildman–Crippen MR) is 111 cm³/mol. The number of hydrogen-bond acceptors (Lipinski definition) is 3. The highest BCUT2D eigenvalue weighted by molar-refractivity contribution is 7.99. The number of alkyl halides is 1. The fourth-order valence-corrected chi connectivity index (χ4v) is 6.17. The summed E-state index contributed by atoms with van der Waals surface area (Å²) in [6.45, 7) is 0. The van der Waals surface area contributed by atoms with E-state index in [-0.39, 0.29) is 10.8 Å². The van der Waals surface area contributed by atoms with E-state index >= 15 is 0 Å². The Morgan fingerprint density at radius 2 is 1.41 bits per heavy atom. The van der Waals surface area contributed by atoms with Gasteiger partial charge < -0.3 is 0 Å². The van der Waals surface area contributed by atoms with E-state index in [0.29, 0.717) is 11.2 Å². The van der Waals surface area contributed by atoms with Crippen molar-refractivity contribution in [2.24, 2.45) is 0 Å². The molecule has 1 aromatic heterocycles. The van der Waals surface area contributed by atoms with Crippen LogP contribution in [0.1, 0.15) is 5.69 Å². The van der Waals surface area contributed by atoms with Crippen molar-refractivity contribution < 1.29 is 8.42 Å². The summed E-state index contributed by atoms with van der Waals surface area (Å²) in [6, 6.07) is 25.8. The molecule has 0 radical (unpaired) electrons. The largest absolute Gasteiger partial charge is 0.268 e. The Balaban J connectivity index is 1.99. The Hall–Kier alpha value is -2.21. The molecule has 6 heteroatoms. The van der Waals surface area contributed by atoms with Crippen LogP contribution < -0.4 is 0 Å². The van der Waals surface area contributed by atoms with E-state index in [0.717, 1.165) is 15.2 Å². The number of benzene rings is 3. The number of fused-ring (bicyclic) bond motifs is 1. The molecule has 0 amide bonds. The highest BCUT2D eigenvalue weighted by Crippen LogP contribution is 2.40. The third-order valence-electron chi connectivity index (χ3n) is 4.25. The number of hydrogen-bond donors (Lipinski definition) is 0. The van der Waals surface area contributed by atoms with Crippen LogP contribution in [0, 0.1) is 0 Å². The van der Waals surface area contributed by atoms with Crippen LogP contribution >= 0.6 is 23.4 Å². The first-order chi connectivity index (χ1) is 13.1. The Bertz CT molecular complexity index is 1190. The van der Waals surface area contributed by atoms with Crippen molar-refractivity contribution in [2.45, 2.75) is 20.6 Å². The third-order valence-corrected chi connectivity index (χ3v) is 7.43. The number of para-hydroxylation sites is 1. The van der Waals surface area contributed by atoms with E-state index < -0.39 is 10.0 Å². The predicted octanol–water partition coefficient (Wildman–Crippen LogP) is 5.77. The summed E-state index contributed by atoms with van der Waals surface area (Å²) in [5, 5.41) is 0.876. The van der Waals surface area contributed by atoms with E-state index in [2.05, 4.69) is 0 Å². The summed E-state index contributed by atoms with van der Waals surface area (Å²) >= 11 is 7.80. The first-order valence-electron chi connectivity index (χ1n) is 8.35. The Kier molecular flexibility index (Phi) is 5.00. The highest BCUT2D eigenvalue weighted by Gasteiger charge is 2.26. The van der Waals surface area contributed by atoms with Crippen molar-refractivity contribution in [3.05, 3.63) is 90.6 Å². The van der Waals surface area contributed by atoms with Gasteiger partial charge in [-0.1, -0.05) is 66.4 Å². The summed E-state index contributed by atoms with van der Waals surface area (Å²) < 4.78 is 28.2. The van der Waals surface area contributed by atoms with Gasteiger partial charge >= 0.3 is 0 Å². The first-order valence-corrected chi connectivity index (χ1v) is 11.1. The van der Waals surface area contributed by atoms with Gasteiger partial charge in [0.2, 0.25) is 0 Å². The summed E-state index contributed by atoms with van der Waals surface area (Å²) in [5.74, 6) is 0.0932. The van der Waals surface area contributed by atoms with Gasteiger partial charge in [0, 0.05) is 15.2 Å². The molecule has 0 aliphatic heterocycles. The van der Waals surface area contributed by atoms with Crippen LogP contribution in [0.4, 0.5) is 0 Å². The molecule has 0 saturated heterocycles. The summed E-state index contributed by atoms with van der Waals surface area (Å²) in [7, 11) is -3.76. The molecule has 3 aromatic carbocycles. The molecule has 4 rings (SSSR count). The first kappa shape index (κ1) is 18.2. The van der Waals surface area contributed by atoms with Crippen LogP contribution in [-0.2, 0) is 15.9 Å². The van der Waals surface area contributed by atoms with Gasteiger partial charge in [0.05, 0.1) is 22.0 Å². The van der Waals surface area contributed by atoms with E-state index in [9.17, 15) is 8.42 Å². The number of nitrogens with zero attached hydrogens (tertiary/aromatic N) is 1. The quantitative estimate of drug-likeness (QED) is 0.390. The molecule has 136 valence electrons. The zero-order chi connectivity index (χ0) is 18.9. The fraction of sp³-hybridized carbons (Fsp3) is 0.0476. The van der Waals surface area contributed by atoms with Gasteiger partial charge in [-0.3, -0.25) is 0 Å². The second kappa shape index (κ2) is 7.43. The molecule has 0 saturated carbocycles. The summed E-state index contributed by atoms with van der Waals surface area (Å²) in [5.41, 5.74) is 1.21. The van der Waals surface area contributed by atoms with Crippen LogP contribution in [0.15, 0.2) is 99.6 Å². The molecular weight excluding hydrogens is 398 g/mol. The lowest BCUT2D eigenvalue weighted by atomic mass is 10.2. The molecule has 27 heavy (non-hydrogen) atoms. The van der Waals surface area contributed by atoms with E-state index in [4.69, 9.17) is 11.6 Å². The van der Waals surface area contributed by atoms with Crippen LogP contribution in [0.25, 0.3) is 10.9 Å². The van der Waals surface area contributed by atoms with Gasteiger partial charge in [-0.15, -0.1) is 11.6 Å². The van der Waals surface area contributed by atoms with Crippen molar-refractivity contribution in [3.63, 3.8) is 0 Å². The van der Waals surface area contributed by atoms with Gasteiger partial charge in [-0.2, -0.15) is 0 Å². The van der Waals surface area contributed by atoms with Gasteiger partial charge in [-0.25, -0.2) is 12.4 Å². The molecule has 0 bridgehead atoms. The second-order valence-corrected chi connectivity index (χ2v) is 9.06. The average molecular weight is 414 g/mol. The number of halogens is 1. The van der Waals surface area contributed by atoms with Gasteiger partial charge in [0.25, 0.3) is 10.0 Å². The molecule has 0 spiro atoms. The molecule has 0 aliphatic carbocycles. The lowest BCUT2D eigenvalue weighted by Crippen LogP contribution is -2.15. The van der Waals surface area contributed by atoms with Crippen molar-refractivity contribution in [1.82, 2.24) is 3.97 Å². The minimum absolute atomic E-state index is 0.0932. The van der Waals surface area contributed by atoms with Crippen LogP contribution in [0.5, 0.6) is 0 Å². The zero-order valence-electron chi connectivity index (χ0n) is 14.2. The second-order valence-electron chi connectivity index (χ2n) is 5.92. The highest BCUT2D eigenvalue weighted by atomic mass is 35.5. The van der Waals surface area contributed by atoms with Crippen molar-refractivity contribution in [2.75, 3.05) is 0 Å². The van der Waals surface area contributed by atoms with Crippen LogP contribution in [0.3, 0.4) is 0 Å². The molecule has 3 nitrogen and oxygen atoms in total. The third kappa shape index (κ3) is 3.27. The number of rotatable bonds is 5. The van der Waals surface area contributed by atoms with E-state index in [1.54, 1.807) is 30.3 Å². The maximum absolute atomic E-state index is 13.4. The molecule has 0 aliphatic rings. The minimum Gasteiger partial charge on any atom is -0.236 e. The molecule has 0 atom stereocenters. The Labute approximate surface area is 167 Å². The molecule has 4 aromatic rings. The molecule has 0 N–H and O–H groups in total. The maximum Gasteiger partial charge on any atom is 0.268 e. The number of aromatic nitrogens is 1. The Morgan fingerprint density at radius 3 is 2.07 bits per heavy atom. The van der Waals surface area contributed by atoms with Gasteiger partial charge in [0.1, 0.15) is 0 Å². The lowest BCUT2D eigenvalue weighted by Gasteiger charge is -2.11. The van der Waals surface area contributed by atoms with E-state index in [1.807, 2.05) is 54.6 Å². The smallest absolute Gasteiger partial charge is 0.236 e. The fourth-order valence-electron chi connectivity index (χ4n) is 3.04. The van der Waals surface area contributed by atoms with Crippen molar-refractivity contribution in [3.8, 4) is 0 Å². The van der Waals surface area contributed by atoms with Gasteiger partial charge in [0.15, 0.2) is 0 Å². The standard InChI is InChI=1S/C21H16ClNO2S2/c22-15-20-21(26-16-9-3-1-4-10-16)18-13-7-8-14-19(18)23(20)27(24,25)17-11-5-2-6-12-17/h1-14H,15H2. The lowest BCUT2D eigenvalue weighted by molar-refractivity contribution is 0.587. The van der Waals surface area contributed by atoms with Crippen molar-refractivity contribution in [1.29, 1.82) is 0 Å². The van der Waals surface area contributed by atoms with Gasteiger partial charge in [-0.05, 0) is 30.3 Å². The topological polar surface area (TPSA) is 39.1 Å². The Morgan fingerprint density at radius 1 is 0.815 bits per heavy atom. The molecule has 0 fully saturated rings. The summed E-state index contributed by atoms with van der Waals surface area (Å²) in [4.78, 5) is 2.14. The normalized spacial score (nSPS) is 11.7. The average Bonchev–Trinajstić information content (AvgIpc) is 3.03. The molecular formula is C21H16ClNO2S2. The molecule has 1 heterocycles. The molecule has 0 unspecified atom stereocenters. The van der Waals surface area contributed by atoms with E-state index in [1.165, 1.54) is 15.7 Å².